The van der Waals surface area contributed by atoms with E-state index in [4.69, 9.17) is 0 Å². The Balaban J connectivity index is 1.86. The van der Waals surface area contributed by atoms with Gasteiger partial charge in [-0.05, 0) is 6.42 Å². The minimum atomic E-state index is -0.248. The molecule has 0 N–H and O–H groups in total. The summed E-state index contributed by atoms with van der Waals surface area (Å²) in [4.78, 5) is 23.6. The zero-order valence-corrected chi connectivity index (χ0v) is 20.0. The van der Waals surface area contributed by atoms with Crippen molar-refractivity contribution in [1.82, 2.24) is 6.23 Å². The Bertz CT molecular complexity index is 394. The summed E-state index contributed by atoms with van der Waals surface area (Å²) in [6.45, 7) is 2.27. The molecule has 6 heteroatoms. The van der Waals surface area contributed by atoms with E-state index < -0.39 is 0 Å². The van der Waals surface area contributed by atoms with Crippen LogP contribution in [-0.4, -0.2) is 24.2 Å². The predicted octanol–water partition coefficient (Wildman–Crippen LogP) is 7.19. The first-order valence-corrected chi connectivity index (χ1v) is 12.0. The van der Waals surface area contributed by atoms with Crippen molar-refractivity contribution in [1.29, 1.82) is 0 Å². The van der Waals surface area contributed by atoms with Gasteiger partial charge in [0.1, 0.15) is 6.04 Å². The Labute approximate surface area is 181 Å². The molecular formula is C19H34I2N2O2. The highest BCUT2D eigenvalue weighted by molar-refractivity contribution is 14.1. The van der Waals surface area contributed by atoms with Gasteiger partial charge in [0.2, 0.25) is 0 Å². The number of hydrogen-bond acceptors (Lipinski definition) is 2. The second kappa shape index (κ2) is 14.5. The summed E-state index contributed by atoms with van der Waals surface area (Å²) in [5, 5.41) is 0. The van der Waals surface area contributed by atoms with Crippen molar-refractivity contribution >= 4 is 57.7 Å². The van der Waals surface area contributed by atoms with Gasteiger partial charge in [0, 0.05) is 0 Å². The Morgan fingerprint density at radius 2 is 1.12 bits per heavy atom. The average Bonchev–Trinajstić information content (AvgIpc) is 2.79. The van der Waals surface area contributed by atoms with Gasteiger partial charge in [-0.1, -0.05) is 96.8 Å². The van der Waals surface area contributed by atoms with Crippen LogP contribution < -0.4 is 0 Å². The van der Waals surface area contributed by atoms with Gasteiger partial charge in [0.15, 0.2) is 0 Å². The van der Waals surface area contributed by atoms with E-state index in [-0.39, 0.29) is 18.0 Å². The van der Waals surface area contributed by atoms with Crippen molar-refractivity contribution in [2.75, 3.05) is 0 Å². The van der Waals surface area contributed by atoms with E-state index in [1.165, 1.54) is 86.6 Å². The van der Waals surface area contributed by atoms with Gasteiger partial charge in [-0.25, -0.2) is 4.79 Å². The van der Waals surface area contributed by atoms with Gasteiger partial charge in [-0.15, -0.1) is 0 Å². The normalized spacial score (nSPS) is 17.8. The highest BCUT2D eigenvalue weighted by atomic mass is 127. The van der Waals surface area contributed by atoms with Crippen molar-refractivity contribution in [2.45, 2.75) is 109 Å². The topological polar surface area (TPSA) is 40.6 Å². The molecule has 1 fully saturated rings. The number of nitrogens with zero attached hydrogens (tertiary/aromatic N) is 2. The van der Waals surface area contributed by atoms with Gasteiger partial charge in [0.05, 0.1) is 45.7 Å². The van der Waals surface area contributed by atoms with Gasteiger partial charge in [-0.3, -0.25) is 7.91 Å². The molecule has 146 valence electrons. The van der Waals surface area contributed by atoms with Crippen LogP contribution in [0.3, 0.4) is 0 Å². The molecule has 1 aliphatic rings. The maximum absolute atomic E-state index is 11.9. The van der Waals surface area contributed by atoms with Crippen LogP contribution in [0.2, 0.25) is 0 Å². The smallest absolute Gasteiger partial charge is 0.271 e. The lowest BCUT2D eigenvalue weighted by Gasteiger charge is -2.13. The predicted molar refractivity (Wildman–Crippen MR) is 121 cm³/mol. The average molecular weight is 576 g/mol. The summed E-state index contributed by atoms with van der Waals surface area (Å²) < 4.78 is 2.76. The van der Waals surface area contributed by atoms with E-state index >= 15 is 0 Å². The molecule has 1 atom stereocenters. The maximum atomic E-state index is 11.9. The van der Waals surface area contributed by atoms with E-state index in [0.29, 0.717) is 0 Å². The van der Waals surface area contributed by atoms with Crippen molar-refractivity contribution < 1.29 is 9.59 Å². The van der Waals surface area contributed by atoms with Crippen molar-refractivity contribution in [3.05, 3.63) is 0 Å². The molecule has 0 aromatic rings. The zero-order chi connectivity index (χ0) is 18.5. The number of unbranched alkanes of at least 4 members (excludes halogenated alkanes) is 13. The molecule has 0 aliphatic carbocycles. The lowest BCUT2D eigenvalue weighted by molar-refractivity contribution is -0.123. The fraction of sp³-hybridized carbons (Fsp3) is 0.895. The molecule has 0 radical (unpaired) electrons. The third-order valence-corrected chi connectivity index (χ3v) is 6.91. The maximum Gasteiger partial charge on any atom is 0.345 e. The lowest BCUT2D eigenvalue weighted by Crippen LogP contribution is -2.26. The molecule has 3 amide bonds. The lowest BCUT2D eigenvalue weighted by atomic mass is 10.0. The van der Waals surface area contributed by atoms with Crippen molar-refractivity contribution in [2.24, 2.45) is 0 Å². The number of rotatable bonds is 15. The van der Waals surface area contributed by atoms with Crippen LogP contribution in [0, 0.1) is 0 Å². The van der Waals surface area contributed by atoms with Crippen LogP contribution in [0.4, 0.5) is 4.79 Å². The van der Waals surface area contributed by atoms with Crippen LogP contribution >= 0.6 is 45.7 Å². The Kier molecular flexibility index (Phi) is 13.6. The van der Waals surface area contributed by atoms with E-state index in [0.717, 1.165) is 12.8 Å². The monoisotopic (exact) mass is 576 g/mol. The molecule has 25 heavy (non-hydrogen) atoms. The molecule has 4 nitrogen and oxygen atoms in total. The number of urea groups is 1. The summed E-state index contributed by atoms with van der Waals surface area (Å²) in [5.74, 6) is -0.0605. The summed E-state index contributed by atoms with van der Waals surface area (Å²) in [6, 6.07) is -0.441. The summed E-state index contributed by atoms with van der Waals surface area (Å²) >= 11 is 3.77. The molecule has 1 saturated heterocycles. The second-order valence-electron chi connectivity index (χ2n) is 7.11. The van der Waals surface area contributed by atoms with Gasteiger partial charge < -0.3 is 0 Å². The number of amides is 3. The number of imide groups is 1. The van der Waals surface area contributed by atoms with Crippen LogP contribution in [-0.2, 0) is 4.79 Å². The quantitative estimate of drug-likeness (QED) is 0.0897. The minimum Gasteiger partial charge on any atom is -0.271 e. The molecule has 0 aromatic carbocycles. The molecule has 0 spiro atoms. The highest BCUT2D eigenvalue weighted by Crippen LogP contribution is 2.28. The molecule has 1 aliphatic heterocycles. The van der Waals surface area contributed by atoms with Crippen LogP contribution in [0.15, 0.2) is 0 Å². The summed E-state index contributed by atoms with van der Waals surface area (Å²) in [5.41, 5.74) is 0. The molecular weight excluding hydrogens is 542 g/mol. The fourth-order valence-electron chi connectivity index (χ4n) is 3.31. The first-order valence-electron chi connectivity index (χ1n) is 10.1. The van der Waals surface area contributed by atoms with E-state index in [1.54, 1.807) is 26.0 Å². The Hall–Kier alpha value is 0.400. The number of carbonyl (C=O) groups is 2. The molecule has 1 rings (SSSR count). The standard InChI is InChI=1S/C19H34I2N2O2/c1-2-3-4-5-6-7-8-9-10-11-12-13-14-15-16-17-18(24)23(21)19(25)22(17)20/h17H,2-16H2,1H3. The van der Waals surface area contributed by atoms with Crippen LogP contribution in [0.25, 0.3) is 0 Å². The molecule has 0 bridgehead atoms. The fourth-order valence-corrected chi connectivity index (χ4v) is 5.01. The summed E-state index contributed by atoms with van der Waals surface area (Å²) in [7, 11) is 0. The molecule has 0 saturated carbocycles. The second-order valence-corrected chi connectivity index (χ2v) is 9.12. The van der Waals surface area contributed by atoms with Gasteiger partial charge in [0.25, 0.3) is 5.91 Å². The van der Waals surface area contributed by atoms with E-state index in [1.807, 2.05) is 22.9 Å². The number of hydrogen-bond donors (Lipinski definition) is 0. The number of carbonyl (C=O) groups excluding carboxylic acids is 2. The Morgan fingerprint density at radius 1 is 0.720 bits per heavy atom. The van der Waals surface area contributed by atoms with E-state index in [2.05, 4.69) is 6.92 Å². The third kappa shape index (κ3) is 9.24. The summed E-state index contributed by atoms with van der Waals surface area (Å²) in [6.07, 6.45) is 19.5. The van der Waals surface area contributed by atoms with Crippen LogP contribution in [0.5, 0.6) is 0 Å². The van der Waals surface area contributed by atoms with E-state index in [9.17, 15) is 9.59 Å². The number of halogens is 2. The largest absolute Gasteiger partial charge is 0.345 e. The zero-order valence-electron chi connectivity index (χ0n) is 15.7. The minimum absolute atomic E-state index is 0.0605. The molecule has 1 heterocycles. The highest BCUT2D eigenvalue weighted by Gasteiger charge is 2.42. The first kappa shape index (κ1) is 23.4. The third-order valence-electron chi connectivity index (χ3n) is 4.93. The molecule has 0 aromatic heterocycles. The van der Waals surface area contributed by atoms with Gasteiger partial charge >= 0.3 is 6.03 Å². The first-order chi connectivity index (χ1) is 12.1. The van der Waals surface area contributed by atoms with Crippen molar-refractivity contribution in [3.63, 3.8) is 0 Å². The van der Waals surface area contributed by atoms with Crippen LogP contribution in [0.1, 0.15) is 103 Å². The molecule has 1 unspecified atom stereocenters. The Morgan fingerprint density at radius 3 is 1.48 bits per heavy atom. The van der Waals surface area contributed by atoms with Gasteiger partial charge in [-0.2, -0.15) is 3.11 Å². The SMILES string of the molecule is CCCCCCCCCCCCCCCCC1C(=O)N(I)C(=O)N1I. The van der Waals surface area contributed by atoms with Crippen molar-refractivity contribution in [3.8, 4) is 0 Å².